The molecule has 2 amide bonds. The third-order valence-corrected chi connectivity index (χ3v) is 8.70. The van der Waals surface area contributed by atoms with Crippen LogP contribution < -0.4 is 10.6 Å². The number of fused-ring (bicyclic) bond motifs is 3. The Labute approximate surface area is 289 Å². The molecule has 2 heterocycles. The van der Waals surface area contributed by atoms with E-state index in [2.05, 4.69) is 48.8 Å². The van der Waals surface area contributed by atoms with E-state index in [9.17, 15) is 14.0 Å². The lowest BCUT2D eigenvalue weighted by molar-refractivity contribution is -0.290. The van der Waals surface area contributed by atoms with Gasteiger partial charge in [0.2, 0.25) is 0 Å². The van der Waals surface area contributed by atoms with Crippen LogP contribution in [0, 0.1) is 5.82 Å². The lowest BCUT2D eigenvalue weighted by atomic mass is 9.86. The standard InChI is InChI=1S/C40H50FN3O5/c1-24(2)36-32(19-18-29-21-30(48-40(6,7)47-29)22-34(45)49-39(3,4)5)35(27-14-16-28(41)17-15-27)31-11-9-10-26-13-12-25(23-43-38(46)42-8)20-33(26)37(31)44-36/h12-20,24,29-30H,9-11,21-23H2,1-8H3,(H2,42,43,46)/b19-18+/t29-,30-/m1/s1. The lowest BCUT2D eigenvalue weighted by Crippen LogP contribution is -2.45. The normalized spacial score (nSPS) is 18.8. The quantitative estimate of drug-likeness (QED) is 0.234. The molecule has 0 saturated carbocycles. The maximum atomic E-state index is 14.3. The van der Waals surface area contributed by atoms with Crippen LogP contribution in [0.25, 0.3) is 28.5 Å². The molecule has 0 bridgehead atoms. The molecule has 49 heavy (non-hydrogen) atoms. The van der Waals surface area contributed by atoms with Crippen LogP contribution >= 0.6 is 0 Å². The highest BCUT2D eigenvalue weighted by atomic mass is 19.1. The fourth-order valence-electron chi connectivity index (χ4n) is 6.74. The second-order valence-electron chi connectivity index (χ2n) is 14.7. The summed E-state index contributed by atoms with van der Waals surface area (Å²) in [6, 6.07) is 12.8. The maximum absolute atomic E-state index is 14.3. The summed E-state index contributed by atoms with van der Waals surface area (Å²) in [6.07, 6.45) is 6.68. The van der Waals surface area contributed by atoms with Gasteiger partial charge in [0, 0.05) is 31.1 Å². The van der Waals surface area contributed by atoms with Gasteiger partial charge in [0.1, 0.15) is 11.4 Å². The van der Waals surface area contributed by atoms with Gasteiger partial charge in [-0.1, -0.05) is 50.3 Å². The first-order chi connectivity index (χ1) is 23.1. The molecule has 262 valence electrons. The molecule has 1 aliphatic heterocycles. The average Bonchev–Trinajstić information content (AvgIpc) is 3.19. The van der Waals surface area contributed by atoms with Crippen LogP contribution in [0.2, 0.25) is 0 Å². The van der Waals surface area contributed by atoms with E-state index in [4.69, 9.17) is 19.2 Å². The van der Waals surface area contributed by atoms with Gasteiger partial charge in [0.05, 0.1) is 30.0 Å². The van der Waals surface area contributed by atoms with Gasteiger partial charge >= 0.3 is 12.0 Å². The van der Waals surface area contributed by atoms with Crippen LogP contribution in [0.3, 0.4) is 0 Å². The van der Waals surface area contributed by atoms with Crippen LogP contribution in [0.4, 0.5) is 9.18 Å². The number of rotatable bonds is 8. The second kappa shape index (κ2) is 14.8. The Morgan fingerprint density at radius 2 is 1.84 bits per heavy atom. The van der Waals surface area contributed by atoms with Crippen molar-refractivity contribution in [3.63, 3.8) is 0 Å². The number of ether oxygens (including phenoxy) is 3. The summed E-state index contributed by atoms with van der Waals surface area (Å²) in [5, 5.41) is 5.50. The summed E-state index contributed by atoms with van der Waals surface area (Å²) in [4.78, 5) is 30.0. The smallest absolute Gasteiger partial charge is 0.314 e. The topological polar surface area (TPSA) is 98.8 Å². The summed E-state index contributed by atoms with van der Waals surface area (Å²) in [6.45, 7) is 13.9. The van der Waals surface area contributed by atoms with Crippen LogP contribution in [0.1, 0.15) is 102 Å². The van der Waals surface area contributed by atoms with E-state index in [-0.39, 0.29) is 42.4 Å². The monoisotopic (exact) mass is 671 g/mol. The average molecular weight is 672 g/mol. The Hall–Kier alpha value is -4.08. The van der Waals surface area contributed by atoms with E-state index in [1.54, 1.807) is 7.05 Å². The summed E-state index contributed by atoms with van der Waals surface area (Å²) in [5.41, 5.74) is 8.56. The maximum Gasteiger partial charge on any atom is 0.314 e. The third kappa shape index (κ3) is 9.13. The molecule has 2 aromatic carbocycles. The molecule has 0 radical (unpaired) electrons. The van der Waals surface area contributed by atoms with Crippen LogP contribution in [0.15, 0.2) is 48.5 Å². The fourth-order valence-corrected chi connectivity index (χ4v) is 6.74. The summed E-state index contributed by atoms with van der Waals surface area (Å²) >= 11 is 0. The van der Waals surface area contributed by atoms with Crippen LogP contribution in [-0.4, -0.2) is 47.6 Å². The van der Waals surface area contributed by atoms with Crippen molar-refractivity contribution >= 4 is 18.1 Å². The first-order valence-electron chi connectivity index (χ1n) is 17.3. The van der Waals surface area contributed by atoms with Crippen molar-refractivity contribution in [1.29, 1.82) is 0 Å². The molecular formula is C40H50FN3O5. The summed E-state index contributed by atoms with van der Waals surface area (Å²) < 4.78 is 32.3. The summed E-state index contributed by atoms with van der Waals surface area (Å²) in [7, 11) is 1.60. The number of carbonyl (C=O) groups excluding carboxylic acids is 2. The molecule has 1 saturated heterocycles. The zero-order valence-corrected chi connectivity index (χ0v) is 30.0. The van der Waals surface area contributed by atoms with Crippen molar-refractivity contribution in [2.24, 2.45) is 0 Å². The molecule has 5 rings (SSSR count). The van der Waals surface area contributed by atoms with Gasteiger partial charge in [-0.2, -0.15) is 0 Å². The first kappa shape index (κ1) is 36.2. The number of nitrogens with one attached hydrogen (secondary N) is 2. The molecular weight excluding hydrogens is 621 g/mol. The van der Waals surface area contributed by atoms with Crippen LogP contribution in [-0.2, 0) is 38.4 Å². The van der Waals surface area contributed by atoms with E-state index >= 15 is 0 Å². The van der Waals surface area contributed by atoms with Crippen LogP contribution in [0.5, 0.6) is 0 Å². The van der Waals surface area contributed by atoms with E-state index < -0.39 is 11.4 Å². The van der Waals surface area contributed by atoms with Gasteiger partial charge in [0.25, 0.3) is 0 Å². The van der Waals surface area contributed by atoms with Gasteiger partial charge in [-0.3, -0.25) is 9.78 Å². The molecule has 9 heteroatoms. The highest BCUT2D eigenvalue weighted by Crippen LogP contribution is 2.42. The highest BCUT2D eigenvalue weighted by molar-refractivity contribution is 5.86. The van der Waals surface area contributed by atoms with E-state index in [0.717, 1.165) is 64.0 Å². The van der Waals surface area contributed by atoms with Gasteiger partial charge < -0.3 is 24.8 Å². The minimum Gasteiger partial charge on any atom is -0.460 e. The second-order valence-corrected chi connectivity index (χ2v) is 14.7. The number of pyridine rings is 1. The SMILES string of the molecule is CNC(=O)NCc1ccc2c(c1)-c1nc(C(C)C)c(/C=C/[C@@H]3C[C@H](CC(=O)OC(C)(C)C)OC(C)(C)O3)c(-c3ccc(F)cc3)c1CCC2. The Morgan fingerprint density at radius 3 is 2.51 bits per heavy atom. The van der Waals surface area contributed by atoms with Crippen molar-refractivity contribution in [2.75, 3.05) is 7.05 Å². The largest absolute Gasteiger partial charge is 0.460 e. The molecule has 1 aromatic heterocycles. The fraction of sp³-hybridized carbons (Fsp3) is 0.475. The Balaban J connectivity index is 1.60. The summed E-state index contributed by atoms with van der Waals surface area (Å²) in [5.74, 6) is -1.43. The van der Waals surface area contributed by atoms with Crippen molar-refractivity contribution in [2.45, 2.75) is 117 Å². The Kier molecular flexibility index (Phi) is 10.9. The zero-order valence-electron chi connectivity index (χ0n) is 30.0. The van der Waals surface area contributed by atoms with Gasteiger partial charge in [-0.25, -0.2) is 9.18 Å². The number of hydrogen-bond donors (Lipinski definition) is 2. The molecule has 2 N–H and O–H groups in total. The number of aromatic nitrogens is 1. The van der Waals surface area contributed by atoms with Gasteiger partial charge in [-0.15, -0.1) is 0 Å². The number of amides is 2. The number of urea groups is 1. The van der Waals surface area contributed by atoms with E-state index in [0.29, 0.717) is 13.0 Å². The number of hydrogen-bond acceptors (Lipinski definition) is 6. The minimum atomic E-state index is -0.902. The van der Waals surface area contributed by atoms with E-state index in [1.807, 2.05) is 52.8 Å². The van der Waals surface area contributed by atoms with Crippen molar-refractivity contribution in [1.82, 2.24) is 15.6 Å². The molecule has 2 atom stereocenters. The number of aryl methyl sites for hydroxylation is 1. The highest BCUT2D eigenvalue weighted by Gasteiger charge is 2.36. The van der Waals surface area contributed by atoms with Gasteiger partial charge in [0.15, 0.2) is 5.79 Å². The molecule has 3 aromatic rings. The molecule has 1 aliphatic carbocycles. The molecule has 2 aliphatic rings. The van der Waals surface area contributed by atoms with Crippen molar-refractivity contribution in [3.8, 4) is 22.4 Å². The molecule has 0 unspecified atom stereocenters. The predicted octanol–water partition coefficient (Wildman–Crippen LogP) is 8.25. The van der Waals surface area contributed by atoms with E-state index in [1.165, 1.54) is 17.7 Å². The number of carbonyl (C=O) groups is 2. The Bertz CT molecular complexity index is 1710. The number of esters is 1. The van der Waals surface area contributed by atoms with Gasteiger partial charge in [-0.05, 0) is 106 Å². The predicted molar refractivity (Wildman–Crippen MR) is 190 cm³/mol. The molecule has 8 nitrogen and oxygen atoms in total. The first-order valence-corrected chi connectivity index (χ1v) is 17.3. The molecule has 0 spiro atoms. The minimum absolute atomic E-state index is 0.0703. The Morgan fingerprint density at radius 1 is 1.10 bits per heavy atom. The lowest BCUT2D eigenvalue weighted by Gasteiger charge is -2.40. The van der Waals surface area contributed by atoms with Crippen molar-refractivity contribution < 1.29 is 28.2 Å². The number of benzene rings is 2. The van der Waals surface area contributed by atoms with Crippen molar-refractivity contribution in [3.05, 3.63) is 82.3 Å². The number of nitrogens with zero attached hydrogens (tertiary/aromatic N) is 1. The molecule has 1 fully saturated rings. The zero-order chi connectivity index (χ0) is 35.5. The third-order valence-electron chi connectivity index (χ3n) is 8.70. The number of halogens is 1.